The van der Waals surface area contributed by atoms with E-state index in [2.05, 4.69) is 6.58 Å². The largest absolute Gasteiger partial charge is 0.315 e. The van der Waals surface area contributed by atoms with Gasteiger partial charge in [-0.3, -0.25) is 0 Å². The van der Waals surface area contributed by atoms with Gasteiger partial charge in [-0.05, 0) is 6.92 Å². The molecular formula is C5H9OS. The lowest BCUT2D eigenvalue weighted by atomic mass is 10.8. The molecule has 2 heteroatoms. The lowest BCUT2D eigenvalue weighted by Crippen LogP contribution is -1.73. The average molecular weight is 117 g/mol. The van der Waals surface area contributed by atoms with Gasteiger partial charge in [0.2, 0.25) is 0 Å². The van der Waals surface area contributed by atoms with Gasteiger partial charge in [0.1, 0.15) is 0 Å². The van der Waals surface area contributed by atoms with E-state index >= 15 is 0 Å². The van der Waals surface area contributed by atoms with Gasteiger partial charge in [0, 0.05) is 12.0 Å². The van der Waals surface area contributed by atoms with Crippen molar-refractivity contribution in [3.63, 3.8) is 0 Å². The van der Waals surface area contributed by atoms with Crippen LogP contribution in [0.2, 0.25) is 0 Å². The molecule has 0 rings (SSSR count). The maximum absolute atomic E-state index is 4.86. The molecule has 0 aromatic rings. The highest BCUT2D eigenvalue weighted by molar-refractivity contribution is 7.96. The first-order valence-electron chi connectivity index (χ1n) is 2.14. The normalized spacial score (nSPS) is 8.71. The summed E-state index contributed by atoms with van der Waals surface area (Å²) in [5, 5.41) is 0. The van der Waals surface area contributed by atoms with Crippen molar-refractivity contribution < 1.29 is 4.18 Å². The van der Waals surface area contributed by atoms with Crippen LogP contribution in [0.15, 0.2) is 12.7 Å². The van der Waals surface area contributed by atoms with E-state index < -0.39 is 0 Å². The quantitative estimate of drug-likeness (QED) is 0.411. The lowest BCUT2D eigenvalue weighted by Gasteiger charge is -1.90. The van der Waals surface area contributed by atoms with Crippen LogP contribution in [-0.4, -0.2) is 6.61 Å². The minimum Gasteiger partial charge on any atom is -0.315 e. The fourth-order valence-electron chi connectivity index (χ4n) is 0.147. The van der Waals surface area contributed by atoms with Crippen molar-refractivity contribution in [1.82, 2.24) is 0 Å². The lowest BCUT2D eigenvalue weighted by molar-refractivity contribution is 0.404. The van der Waals surface area contributed by atoms with Crippen molar-refractivity contribution in [2.45, 2.75) is 6.92 Å². The fraction of sp³-hybridized carbons (Fsp3) is 0.400. The fourth-order valence-corrected chi connectivity index (χ4v) is 0.440. The van der Waals surface area contributed by atoms with E-state index in [4.69, 9.17) is 4.18 Å². The third kappa shape index (κ3) is 6.05. The first-order valence-corrected chi connectivity index (χ1v) is 2.94. The number of hydrogen-bond donors (Lipinski definition) is 0. The topological polar surface area (TPSA) is 9.23 Å². The van der Waals surface area contributed by atoms with Gasteiger partial charge in [0.25, 0.3) is 0 Å². The van der Waals surface area contributed by atoms with Crippen LogP contribution in [0.4, 0.5) is 0 Å². The molecule has 0 aromatic carbocycles. The Labute approximate surface area is 49.0 Å². The summed E-state index contributed by atoms with van der Waals surface area (Å²) >= 11 is 1.31. The standard InChI is InChI=1S/C5H9OS/c1-3-5-7-6-4-2/h3,5H,1,4H2,2H3. The van der Waals surface area contributed by atoms with Crippen molar-refractivity contribution in [3.05, 3.63) is 18.4 Å². The van der Waals surface area contributed by atoms with Gasteiger partial charge >= 0.3 is 0 Å². The molecular weight excluding hydrogens is 108 g/mol. The van der Waals surface area contributed by atoms with E-state index in [1.807, 2.05) is 6.92 Å². The van der Waals surface area contributed by atoms with E-state index in [9.17, 15) is 0 Å². The van der Waals surface area contributed by atoms with Crippen LogP contribution >= 0.6 is 12.0 Å². The highest BCUT2D eigenvalue weighted by Gasteiger charge is 1.77. The molecule has 0 spiro atoms. The van der Waals surface area contributed by atoms with Gasteiger partial charge in [-0.25, -0.2) is 0 Å². The Morgan fingerprint density at radius 2 is 2.57 bits per heavy atom. The van der Waals surface area contributed by atoms with Crippen LogP contribution in [-0.2, 0) is 4.18 Å². The molecule has 1 radical (unpaired) electrons. The molecule has 0 atom stereocenters. The van der Waals surface area contributed by atoms with Gasteiger partial charge < -0.3 is 4.18 Å². The molecule has 0 aliphatic heterocycles. The Hall–Kier alpha value is 0.0500. The summed E-state index contributed by atoms with van der Waals surface area (Å²) < 4.78 is 4.86. The second kappa shape index (κ2) is 6.05. The van der Waals surface area contributed by atoms with E-state index in [1.165, 1.54) is 12.0 Å². The van der Waals surface area contributed by atoms with Crippen LogP contribution in [0.3, 0.4) is 0 Å². The summed E-state index contributed by atoms with van der Waals surface area (Å²) in [4.78, 5) is 0. The molecule has 7 heavy (non-hydrogen) atoms. The minimum atomic E-state index is 0.745. The van der Waals surface area contributed by atoms with Gasteiger partial charge in [-0.1, -0.05) is 6.08 Å². The zero-order valence-electron chi connectivity index (χ0n) is 4.39. The highest BCUT2D eigenvalue weighted by Crippen LogP contribution is 2.05. The van der Waals surface area contributed by atoms with Crippen LogP contribution in [0.25, 0.3) is 0 Å². The van der Waals surface area contributed by atoms with Gasteiger partial charge in [0.05, 0.1) is 12.4 Å². The average Bonchev–Trinajstić information content (AvgIpc) is 1.69. The zero-order valence-corrected chi connectivity index (χ0v) is 5.20. The van der Waals surface area contributed by atoms with Crippen molar-refractivity contribution >= 4 is 12.0 Å². The second-order valence-electron chi connectivity index (χ2n) is 0.875. The van der Waals surface area contributed by atoms with E-state index in [0.717, 1.165) is 6.61 Å². The molecule has 0 aromatic heterocycles. The predicted molar refractivity (Wildman–Crippen MR) is 33.7 cm³/mol. The number of hydrogen-bond acceptors (Lipinski definition) is 2. The molecule has 0 saturated carbocycles. The highest BCUT2D eigenvalue weighted by atomic mass is 32.2. The molecule has 0 unspecified atom stereocenters. The Kier molecular flexibility index (Phi) is 6.09. The Balaban J connectivity index is 2.56. The van der Waals surface area contributed by atoms with E-state index in [-0.39, 0.29) is 0 Å². The molecule has 0 saturated heterocycles. The summed E-state index contributed by atoms with van der Waals surface area (Å²) in [6.45, 7) is 6.17. The molecule has 0 N–H and O–H groups in total. The first kappa shape index (κ1) is 7.05. The van der Waals surface area contributed by atoms with Crippen molar-refractivity contribution in [1.29, 1.82) is 0 Å². The molecule has 41 valence electrons. The van der Waals surface area contributed by atoms with Crippen LogP contribution < -0.4 is 0 Å². The molecule has 0 heterocycles. The summed E-state index contributed by atoms with van der Waals surface area (Å²) in [5.74, 6) is 1.80. The van der Waals surface area contributed by atoms with Gasteiger partial charge in [-0.2, -0.15) is 0 Å². The van der Waals surface area contributed by atoms with Crippen LogP contribution in [0.1, 0.15) is 6.92 Å². The molecule has 0 aliphatic carbocycles. The maximum Gasteiger partial charge on any atom is 0.0664 e. The Morgan fingerprint density at radius 3 is 3.00 bits per heavy atom. The Morgan fingerprint density at radius 1 is 1.86 bits per heavy atom. The van der Waals surface area contributed by atoms with Gasteiger partial charge in [-0.15, -0.1) is 6.58 Å². The minimum absolute atomic E-state index is 0.745. The van der Waals surface area contributed by atoms with Crippen molar-refractivity contribution in [2.75, 3.05) is 6.61 Å². The summed E-state index contributed by atoms with van der Waals surface area (Å²) in [7, 11) is 0. The molecule has 0 amide bonds. The summed E-state index contributed by atoms with van der Waals surface area (Å²) in [6.07, 6.45) is 1.69. The monoisotopic (exact) mass is 117 g/mol. The predicted octanol–water partition coefficient (Wildman–Crippen LogP) is 2.02. The van der Waals surface area contributed by atoms with E-state index in [1.54, 1.807) is 11.8 Å². The Bertz CT molecular complexity index is 45.3. The smallest absolute Gasteiger partial charge is 0.0664 e. The molecule has 1 nitrogen and oxygen atoms in total. The third-order valence-electron chi connectivity index (χ3n) is 0.338. The zero-order chi connectivity index (χ0) is 5.54. The van der Waals surface area contributed by atoms with Crippen LogP contribution in [0.5, 0.6) is 0 Å². The molecule has 0 aliphatic rings. The third-order valence-corrected chi connectivity index (χ3v) is 1.01. The van der Waals surface area contributed by atoms with Crippen molar-refractivity contribution in [2.24, 2.45) is 0 Å². The second-order valence-corrected chi connectivity index (χ2v) is 1.57. The summed E-state index contributed by atoms with van der Waals surface area (Å²) in [5.41, 5.74) is 0. The van der Waals surface area contributed by atoms with Crippen LogP contribution in [0, 0.1) is 5.75 Å². The molecule has 0 fully saturated rings. The summed E-state index contributed by atoms with van der Waals surface area (Å²) in [6, 6.07) is 0. The van der Waals surface area contributed by atoms with Gasteiger partial charge in [0.15, 0.2) is 0 Å². The maximum atomic E-state index is 4.86. The number of rotatable bonds is 4. The van der Waals surface area contributed by atoms with Crippen molar-refractivity contribution in [3.8, 4) is 0 Å². The first-order chi connectivity index (χ1) is 3.41. The SMILES string of the molecule is C=C[CH]SOCC. The van der Waals surface area contributed by atoms with E-state index in [0.29, 0.717) is 0 Å². The molecule has 0 bridgehead atoms.